The van der Waals surface area contributed by atoms with Gasteiger partial charge in [-0.3, -0.25) is 4.79 Å². The van der Waals surface area contributed by atoms with Crippen molar-refractivity contribution in [2.45, 2.75) is 18.8 Å². The van der Waals surface area contributed by atoms with Gasteiger partial charge in [-0.25, -0.2) is 0 Å². The van der Waals surface area contributed by atoms with Gasteiger partial charge in [-0.15, -0.1) is 0 Å². The van der Waals surface area contributed by atoms with Gasteiger partial charge in [0.25, 0.3) is 0 Å². The van der Waals surface area contributed by atoms with Crippen molar-refractivity contribution in [1.82, 2.24) is 0 Å². The van der Waals surface area contributed by atoms with E-state index in [9.17, 15) is 9.59 Å². The summed E-state index contributed by atoms with van der Waals surface area (Å²) in [5.41, 5.74) is 1.72. The monoisotopic (exact) mass is 351 g/mol. The van der Waals surface area contributed by atoms with Gasteiger partial charge in [0.05, 0.1) is 30.1 Å². The minimum Gasteiger partial charge on any atom is -0.465 e. The van der Waals surface area contributed by atoms with E-state index in [0.717, 1.165) is 6.29 Å². The molecule has 0 saturated heterocycles. The largest absolute Gasteiger partial charge is 0.465 e. The minimum absolute atomic E-state index is 0.121. The van der Waals surface area contributed by atoms with E-state index in [0.29, 0.717) is 28.2 Å². The number of nitrogens with zero attached hydrogens (tertiary/aromatic N) is 1. The number of hydrogen-bond acceptors (Lipinski definition) is 6. The Balaban J connectivity index is 2.02. The Labute approximate surface area is 150 Å². The molecule has 2 atom stereocenters. The van der Waals surface area contributed by atoms with E-state index >= 15 is 0 Å². The van der Waals surface area contributed by atoms with Crippen molar-refractivity contribution >= 4 is 12.3 Å². The molecule has 0 spiro atoms. The summed E-state index contributed by atoms with van der Waals surface area (Å²) in [6.07, 6.45) is 0.730. The number of fused-ring (bicyclic) bond motifs is 1. The van der Waals surface area contributed by atoms with Crippen LogP contribution in [-0.4, -0.2) is 25.7 Å². The predicted octanol–water partition coefficient (Wildman–Crippen LogP) is 2.92. The van der Waals surface area contributed by atoms with E-state index in [1.54, 1.807) is 49.4 Å². The van der Waals surface area contributed by atoms with Crippen LogP contribution in [0.3, 0.4) is 0 Å². The van der Waals surface area contributed by atoms with E-state index in [4.69, 9.17) is 19.5 Å². The van der Waals surface area contributed by atoms with Gasteiger partial charge in [-0.05, 0) is 42.3 Å². The molecule has 2 unspecified atom stereocenters. The van der Waals surface area contributed by atoms with Crippen LogP contribution in [0.2, 0.25) is 0 Å². The fraction of sp³-hybridized carbons (Fsp3) is 0.250. The first-order chi connectivity index (χ1) is 12.7. The Morgan fingerprint density at radius 1 is 1.19 bits per heavy atom. The highest BCUT2D eigenvalue weighted by atomic mass is 16.7. The van der Waals surface area contributed by atoms with Crippen molar-refractivity contribution in [2.75, 3.05) is 13.4 Å². The van der Waals surface area contributed by atoms with Gasteiger partial charge in [0.1, 0.15) is 6.29 Å². The minimum atomic E-state index is -0.824. The third-order valence-corrected chi connectivity index (χ3v) is 4.23. The number of carbonyl (C=O) groups is 2. The first-order valence-electron chi connectivity index (χ1n) is 8.19. The summed E-state index contributed by atoms with van der Waals surface area (Å²) in [6.45, 7) is 2.04. The average molecular weight is 351 g/mol. The van der Waals surface area contributed by atoms with E-state index in [1.165, 1.54) is 0 Å². The highest BCUT2D eigenvalue weighted by Gasteiger charge is 2.33. The molecular weight excluding hydrogens is 334 g/mol. The maximum absolute atomic E-state index is 12.6. The lowest BCUT2D eigenvalue weighted by atomic mass is 9.82. The Morgan fingerprint density at radius 3 is 2.54 bits per heavy atom. The van der Waals surface area contributed by atoms with Gasteiger partial charge in [0, 0.05) is 0 Å². The molecule has 0 aromatic heterocycles. The predicted molar refractivity (Wildman–Crippen MR) is 91.9 cm³/mol. The van der Waals surface area contributed by atoms with Crippen molar-refractivity contribution in [3.63, 3.8) is 0 Å². The van der Waals surface area contributed by atoms with Crippen LogP contribution in [-0.2, 0) is 14.3 Å². The molecule has 3 rings (SSSR count). The molecule has 0 bridgehead atoms. The third-order valence-electron chi connectivity index (χ3n) is 4.23. The van der Waals surface area contributed by atoms with Crippen LogP contribution in [0.25, 0.3) is 0 Å². The van der Waals surface area contributed by atoms with Crippen molar-refractivity contribution < 1.29 is 23.8 Å². The molecule has 0 radical (unpaired) electrons. The van der Waals surface area contributed by atoms with Crippen LogP contribution < -0.4 is 9.47 Å². The summed E-state index contributed by atoms with van der Waals surface area (Å²) in [7, 11) is 0. The van der Waals surface area contributed by atoms with Crippen LogP contribution in [0, 0.1) is 11.3 Å². The van der Waals surface area contributed by atoms with Gasteiger partial charge in [-0.1, -0.05) is 18.2 Å². The Morgan fingerprint density at radius 2 is 1.88 bits per heavy atom. The van der Waals surface area contributed by atoms with Gasteiger partial charge in [0.2, 0.25) is 6.79 Å². The number of nitriles is 1. The molecule has 0 saturated carbocycles. The number of ether oxygens (including phenoxy) is 3. The lowest BCUT2D eigenvalue weighted by Gasteiger charge is -2.22. The second kappa shape index (κ2) is 7.70. The van der Waals surface area contributed by atoms with E-state index in [-0.39, 0.29) is 13.4 Å². The molecule has 0 aliphatic carbocycles. The molecule has 0 N–H and O–H groups in total. The van der Waals surface area contributed by atoms with Crippen LogP contribution in [0.15, 0.2) is 42.5 Å². The van der Waals surface area contributed by atoms with E-state index < -0.39 is 17.8 Å². The maximum Gasteiger partial charge on any atom is 0.314 e. The molecule has 2 aromatic rings. The zero-order valence-electron chi connectivity index (χ0n) is 14.2. The summed E-state index contributed by atoms with van der Waals surface area (Å²) in [5, 5.41) is 8.94. The van der Waals surface area contributed by atoms with Crippen LogP contribution >= 0.6 is 0 Å². The van der Waals surface area contributed by atoms with Gasteiger partial charge in [0.15, 0.2) is 11.5 Å². The third kappa shape index (κ3) is 3.38. The van der Waals surface area contributed by atoms with Crippen molar-refractivity contribution in [2.24, 2.45) is 0 Å². The van der Waals surface area contributed by atoms with Crippen molar-refractivity contribution in [3.05, 3.63) is 59.2 Å². The van der Waals surface area contributed by atoms with Crippen molar-refractivity contribution in [3.8, 4) is 17.6 Å². The zero-order valence-corrected chi connectivity index (χ0v) is 14.2. The standard InChI is InChI=1S/C20H17NO5/c1-2-24-20(23)19(15-7-8-17-18(9-15)26-12-25-17)16(11-22)14-5-3-13(10-21)4-6-14/h3-9,11,16,19H,2,12H2,1H3. The number of aldehydes is 1. The highest BCUT2D eigenvalue weighted by Crippen LogP contribution is 2.39. The molecule has 132 valence electrons. The fourth-order valence-electron chi connectivity index (χ4n) is 2.96. The number of carbonyl (C=O) groups excluding carboxylic acids is 2. The number of hydrogen-bond donors (Lipinski definition) is 0. The summed E-state index contributed by atoms with van der Waals surface area (Å²) >= 11 is 0. The molecule has 1 heterocycles. The molecule has 0 fully saturated rings. The average Bonchev–Trinajstić information content (AvgIpc) is 3.14. The quantitative estimate of drug-likeness (QED) is 0.587. The Bertz CT molecular complexity index is 853. The SMILES string of the molecule is CCOC(=O)C(c1ccc2c(c1)OCO2)C(C=O)c1ccc(C#N)cc1. The summed E-state index contributed by atoms with van der Waals surface area (Å²) in [4.78, 5) is 24.5. The van der Waals surface area contributed by atoms with Crippen LogP contribution in [0.4, 0.5) is 0 Å². The van der Waals surface area contributed by atoms with Crippen LogP contribution in [0.1, 0.15) is 35.4 Å². The normalized spacial score (nSPS) is 14.2. The van der Waals surface area contributed by atoms with Gasteiger partial charge < -0.3 is 19.0 Å². The molecule has 0 amide bonds. The molecule has 6 heteroatoms. The van der Waals surface area contributed by atoms with Crippen LogP contribution in [0.5, 0.6) is 11.5 Å². The first-order valence-corrected chi connectivity index (χ1v) is 8.19. The molecule has 2 aromatic carbocycles. The lowest BCUT2D eigenvalue weighted by Crippen LogP contribution is -2.24. The smallest absolute Gasteiger partial charge is 0.314 e. The Hall–Kier alpha value is -3.33. The van der Waals surface area contributed by atoms with E-state index in [2.05, 4.69) is 0 Å². The fourth-order valence-corrected chi connectivity index (χ4v) is 2.96. The number of benzene rings is 2. The molecule has 6 nitrogen and oxygen atoms in total. The number of rotatable bonds is 6. The molecular formula is C20H17NO5. The van der Waals surface area contributed by atoms with E-state index in [1.807, 2.05) is 6.07 Å². The summed E-state index contributed by atoms with van der Waals surface area (Å²) < 4.78 is 15.9. The molecule has 1 aliphatic heterocycles. The molecule has 1 aliphatic rings. The Kier molecular flexibility index (Phi) is 5.18. The van der Waals surface area contributed by atoms with Crippen molar-refractivity contribution in [1.29, 1.82) is 5.26 Å². The van der Waals surface area contributed by atoms with Gasteiger partial charge >= 0.3 is 5.97 Å². The summed E-state index contributed by atoms with van der Waals surface area (Å²) in [5.74, 6) is -0.941. The lowest BCUT2D eigenvalue weighted by molar-refractivity contribution is -0.146. The highest BCUT2D eigenvalue weighted by molar-refractivity contribution is 5.85. The number of esters is 1. The zero-order chi connectivity index (χ0) is 18.5. The second-order valence-electron chi connectivity index (χ2n) is 5.74. The molecule has 26 heavy (non-hydrogen) atoms. The first kappa shape index (κ1) is 17.5. The topological polar surface area (TPSA) is 85.6 Å². The maximum atomic E-state index is 12.6. The van der Waals surface area contributed by atoms with Gasteiger partial charge in [-0.2, -0.15) is 5.26 Å². The second-order valence-corrected chi connectivity index (χ2v) is 5.74. The summed E-state index contributed by atoms with van der Waals surface area (Å²) in [6, 6.07) is 13.8.